The Hall–Kier alpha value is -2.07. The molecule has 0 aliphatic heterocycles. The first kappa shape index (κ1) is 11.4. The van der Waals surface area contributed by atoms with Crippen LogP contribution in [0.3, 0.4) is 0 Å². The van der Waals surface area contributed by atoms with E-state index in [2.05, 4.69) is 43.0 Å². The van der Waals surface area contributed by atoms with E-state index < -0.39 is 0 Å². The van der Waals surface area contributed by atoms with Crippen molar-refractivity contribution < 1.29 is 0 Å². The predicted octanol–water partition coefficient (Wildman–Crippen LogP) is 4.70. The average Bonchev–Trinajstić information content (AvgIpc) is 2.39. The van der Waals surface area contributed by atoms with Crippen LogP contribution < -0.4 is 0 Å². The van der Waals surface area contributed by atoms with Crippen molar-refractivity contribution in [2.24, 2.45) is 0 Å². The van der Waals surface area contributed by atoms with Crippen LogP contribution in [0.4, 0.5) is 5.69 Å². The van der Waals surface area contributed by atoms with Crippen molar-refractivity contribution in [3.63, 3.8) is 0 Å². The summed E-state index contributed by atoms with van der Waals surface area (Å²) in [6.45, 7) is 11.2. The predicted molar refractivity (Wildman–Crippen MR) is 71.4 cm³/mol. The van der Waals surface area contributed by atoms with E-state index in [1.807, 2.05) is 24.3 Å². The van der Waals surface area contributed by atoms with Crippen LogP contribution in [0.1, 0.15) is 29.5 Å². The lowest BCUT2D eigenvalue weighted by Gasteiger charge is -2.12. The smallest absolute Gasteiger partial charge is 0.187 e. The summed E-state index contributed by atoms with van der Waals surface area (Å²) in [4.78, 5) is 3.41. The van der Waals surface area contributed by atoms with Gasteiger partial charge in [0.05, 0.1) is 6.57 Å². The van der Waals surface area contributed by atoms with Gasteiger partial charge in [0.25, 0.3) is 0 Å². The second kappa shape index (κ2) is 4.84. The molecule has 2 aromatic rings. The lowest BCUT2D eigenvalue weighted by atomic mass is 9.92. The molecule has 0 amide bonds. The fourth-order valence-corrected chi connectivity index (χ4v) is 1.89. The molecule has 0 bridgehead atoms. The first-order valence-electron chi connectivity index (χ1n) is 5.74. The Morgan fingerprint density at radius 1 is 0.882 bits per heavy atom. The number of hydrogen-bond donors (Lipinski definition) is 0. The number of rotatable bonds is 2. The van der Waals surface area contributed by atoms with Gasteiger partial charge in [-0.15, -0.1) is 0 Å². The lowest BCUT2D eigenvalue weighted by Crippen LogP contribution is -1.95. The van der Waals surface area contributed by atoms with Crippen LogP contribution in [-0.2, 0) is 0 Å². The van der Waals surface area contributed by atoms with Crippen LogP contribution in [0.15, 0.2) is 48.5 Å². The van der Waals surface area contributed by atoms with Crippen molar-refractivity contribution in [3.05, 3.63) is 76.6 Å². The third kappa shape index (κ3) is 2.54. The summed E-state index contributed by atoms with van der Waals surface area (Å²) in [5, 5.41) is 0. The van der Waals surface area contributed by atoms with E-state index >= 15 is 0 Å². The molecule has 0 aliphatic carbocycles. The molecule has 1 unspecified atom stereocenters. The van der Waals surface area contributed by atoms with E-state index in [9.17, 15) is 0 Å². The summed E-state index contributed by atoms with van der Waals surface area (Å²) < 4.78 is 0. The molecule has 0 heterocycles. The molecule has 0 N–H and O–H groups in total. The molecule has 0 aliphatic rings. The van der Waals surface area contributed by atoms with Crippen LogP contribution in [-0.4, -0.2) is 0 Å². The third-order valence-corrected chi connectivity index (χ3v) is 3.10. The molecule has 84 valence electrons. The van der Waals surface area contributed by atoms with Crippen molar-refractivity contribution in [2.75, 3.05) is 0 Å². The molecular weight excluding hydrogens is 206 g/mol. The van der Waals surface area contributed by atoms with Gasteiger partial charge in [0.1, 0.15) is 0 Å². The first-order valence-corrected chi connectivity index (χ1v) is 5.74. The second-order valence-corrected chi connectivity index (χ2v) is 4.34. The van der Waals surface area contributed by atoms with Crippen molar-refractivity contribution in [1.82, 2.24) is 0 Å². The van der Waals surface area contributed by atoms with Crippen molar-refractivity contribution in [1.29, 1.82) is 0 Å². The third-order valence-electron chi connectivity index (χ3n) is 3.10. The zero-order valence-electron chi connectivity index (χ0n) is 10.1. The van der Waals surface area contributed by atoms with Crippen LogP contribution in [0.2, 0.25) is 0 Å². The van der Waals surface area contributed by atoms with Crippen LogP contribution in [0.5, 0.6) is 0 Å². The molecule has 1 nitrogen and oxygen atoms in total. The van der Waals surface area contributed by atoms with Gasteiger partial charge in [0.15, 0.2) is 5.69 Å². The maximum Gasteiger partial charge on any atom is 0.187 e. The fraction of sp³-hybridized carbons (Fsp3) is 0.188. The molecule has 0 aromatic heterocycles. The van der Waals surface area contributed by atoms with E-state index in [0.717, 1.165) is 0 Å². The van der Waals surface area contributed by atoms with Gasteiger partial charge in [-0.25, -0.2) is 4.85 Å². The molecule has 0 fully saturated rings. The molecule has 2 rings (SSSR count). The molecule has 0 spiro atoms. The SMILES string of the molecule is [C-]#[N+]c1ccc(C(C)c2ccc(C)cc2)cc1. The molecule has 17 heavy (non-hydrogen) atoms. The Bertz CT molecular complexity index is 529. The molecule has 0 radical (unpaired) electrons. The normalized spacial score (nSPS) is 11.8. The second-order valence-electron chi connectivity index (χ2n) is 4.34. The maximum absolute atomic E-state index is 6.93. The number of aryl methyl sites for hydroxylation is 1. The Morgan fingerprint density at radius 2 is 1.35 bits per heavy atom. The first-order chi connectivity index (χ1) is 8.20. The van der Waals surface area contributed by atoms with Crippen LogP contribution >= 0.6 is 0 Å². The topological polar surface area (TPSA) is 4.36 Å². The minimum Gasteiger partial charge on any atom is -0.238 e. The standard InChI is InChI=1S/C16H15N/c1-12-4-6-14(7-5-12)13(2)15-8-10-16(17-3)11-9-15/h4-11,13H,1-2H3. The monoisotopic (exact) mass is 221 g/mol. The molecular formula is C16H15N. The number of benzene rings is 2. The van der Waals surface area contributed by atoms with Gasteiger partial charge in [-0.3, -0.25) is 0 Å². The van der Waals surface area contributed by atoms with Crippen molar-refractivity contribution in [3.8, 4) is 0 Å². The molecule has 2 aromatic carbocycles. The zero-order valence-corrected chi connectivity index (χ0v) is 10.1. The molecule has 0 saturated heterocycles. The Kier molecular flexibility index (Phi) is 3.25. The van der Waals surface area contributed by atoms with Gasteiger partial charge >= 0.3 is 0 Å². The molecule has 0 saturated carbocycles. The summed E-state index contributed by atoms with van der Waals surface area (Å²) >= 11 is 0. The van der Waals surface area contributed by atoms with E-state index in [0.29, 0.717) is 11.6 Å². The minimum atomic E-state index is 0.371. The highest BCUT2D eigenvalue weighted by molar-refractivity contribution is 5.47. The van der Waals surface area contributed by atoms with Gasteiger partial charge < -0.3 is 0 Å². The summed E-state index contributed by atoms with van der Waals surface area (Å²) in [7, 11) is 0. The average molecular weight is 221 g/mol. The quantitative estimate of drug-likeness (QED) is 0.647. The van der Waals surface area contributed by atoms with E-state index in [-0.39, 0.29) is 0 Å². The summed E-state index contributed by atoms with van der Waals surface area (Å²) in [6.07, 6.45) is 0. The summed E-state index contributed by atoms with van der Waals surface area (Å²) in [6, 6.07) is 16.5. The molecule has 1 atom stereocenters. The highest BCUT2D eigenvalue weighted by Gasteiger charge is 2.07. The van der Waals surface area contributed by atoms with Gasteiger partial charge in [-0.2, -0.15) is 0 Å². The highest BCUT2D eigenvalue weighted by atomic mass is 14.6. The van der Waals surface area contributed by atoms with Crippen molar-refractivity contribution >= 4 is 5.69 Å². The van der Waals surface area contributed by atoms with E-state index in [1.54, 1.807) is 0 Å². The fourth-order valence-electron chi connectivity index (χ4n) is 1.89. The van der Waals surface area contributed by atoms with Gasteiger partial charge in [-0.1, -0.05) is 61.0 Å². The lowest BCUT2D eigenvalue weighted by molar-refractivity contribution is 0.922. The van der Waals surface area contributed by atoms with Gasteiger partial charge in [0, 0.05) is 5.92 Å². The maximum atomic E-state index is 6.93. The number of hydrogen-bond acceptors (Lipinski definition) is 0. The summed E-state index contributed by atoms with van der Waals surface area (Å²) in [5.41, 5.74) is 4.54. The number of nitrogens with zero attached hydrogens (tertiary/aromatic N) is 1. The van der Waals surface area contributed by atoms with E-state index in [4.69, 9.17) is 6.57 Å². The Balaban J connectivity index is 2.27. The Morgan fingerprint density at radius 3 is 1.82 bits per heavy atom. The van der Waals surface area contributed by atoms with E-state index in [1.165, 1.54) is 16.7 Å². The van der Waals surface area contributed by atoms with Crippen LogP contribution in [0.25, 0.3) is 4.85 Å². The van der Waals surface area contributed by atoms with Gasteiger partial charge in [-0.05, 0) is 18.1 Å². The highest BCUT2D eigenvalue weighted by Crippen LogP contribution is 2.25. The Labute approximate surface area is 103 Å². The zero-order chi connectivity index (χ0) is 12.3. The van der Waals surface area contributed by atoms with Crippen molar-refractivity contribution in [2.45, 2.75) is 19.8 Å². The van der Waals surface area contributed by atoms with Gasteiger partial charge in [0.2, 0.25) is 0 Å². The van der Waals surface area contributed by atoms with Crippen LogP contribution in [0, 0.1) is 13.5 Å². The summed E-state index contributed by atoms with van der Waals surface area (Å²) in [5.74, 6) is 0.371. The largest absolute Gasteiger partial charge is 0.238 e. The molecule has 1 heteroatoms. The minimum absolute atomic E-state index is 0.371.